The predicted molar refractivity (Wildman–Crippen MR) is 104 cm³/mol. The van der Waals surface area contributed by atoms with Crippen LogP contribution in [-0.2, 0) is 4.79 Å². The van der Waals surface area contributed by atoms with Crippen LogP contribution in [0.4, 0.5) is 5.00 Å². The molecular weight excluding hydrogens is 342 g/mol. The summed E-state index contributed by atoms with van der Waals surface area (Å²) in [5.41, 5.74) is 2.79. The molecule has 0 aliphatic rings. The summed E-state index contributed by atoms with van der Waals surface area (Å²) in [6, 6.07) is 23.8. The van der Waals surface area contributed by atoms with Gasteiger partial charge in [-0.05, 0) is 18.4 Å². The Morgan fingerprint density at radius 3 is 2.15 bits per heavy atom. The molecule has 0 saturated carbocycles. The molecule has 4 nitrogen and oxygen atoms in total. The van der Waals surface area contributed by atoms with E-state index in [4.69, 9.17) is 5.26 Å². The normalized spacial score (nSPS) is 11.7. The first-order valence-corrected chi connectivity index (χ1v) is 9.30. The average molecular weight is 362 g/mol. The van der Waals surface area contributed by atoms with E-state index in [2.05, 4.69) is 41.0 Å². The van der Waals surface area contributed by atoms with Crippen molar-refractivity contribution in [3.05, 3.63) is 88.8 Å². The molecule has 1 heterocycles. The number of benzene rings is 2. The highest BCUT2D eigenvalue weighted by Crippen LogP contribution is 2.22. The van der Waals surface area contributed by atoms with E-state index in [1.165, 1.54) is 11.3 Å². The Bertz CT molecular complexity index is 860. The van der Waals surface area contributed by atoms with Crippen molar-refractivity contribution in [1.82, 2.24) is 0 Å². The van der Waals surface area contributed by atoms with Crippen molar-refractivity contribution in [3.63, 3.8) is 0 Å². The van der Waals surface area contributed by atoms with Crippen LogP contribution in [-0.4, -0.2) is 11.9 Å². The summed E-state index contributed by atoms with van der Waals surface area (Å²) in [4.78, 5) is 12.6. The SMILES string of the molecule is C[C@@H]([NH2+]C(c1ccccc1)c1ccccc1)C(=O)Nc1sccc1C#N. The number of anilines is 1. The third-order valence-corrected chi connectivity index (χ3v) is 5.06. The van der Waals surface area contributed by atoms with Gasteiger partial charge in [-0.1, -0.05) is 60.7 Å². The van der Waals surface area contributed by atoms with Crippen molar-refractivity contribution >= 4 is 22.2 Å². The van der Waals surface area contributed by atoms with Crippen molar-refractivity contribution in [2.24, 2.45) is 0 Å². The van der Waals surface area contributed by atoms with Gasteiger partial charge in [0, 0.05) is 11.1 Å². The van der Waals surface area contributed by atoms with Crippen molar-refractivity contribution in [3.8, 4) is 6.07 Å². The smallest absolute Gasteiger partial charge is 0.282 e. The van der Waals surface area contributed by atoms with Gasteiger partial charge in [0.15, 0.2) is 6.04 Å². The number of thiophene rings is 1. The molecule has 1 amide bonds. The summed E-state index contributed by atoms with van der Waals surface area (Å²) in [5, 5.41) is 16.4. The Morgan fingerprint density at radius 2 is 1.62 bits per heavy atom. The fourth-order valence-corrected chi connectivity index (χ4v) is 3.57. The van der Waals surface area contributed by atoms with Gasteiger partial charge in [-0.25, -0.2) is 0 Å². The number of carbonyl (C=O) groups is 1. The third kappa shape index (κ3) is 4.17. The molecule has 1 aromatic heterocycles. The zero-order valence-electron chi connectivity index (χ0n) is 14.4. The van der Waals surface area contributed by atoms with Gasteiger partial charge in [-0.3, -0.25) is 4.79 Å². The molecule has 0 aliphatic heterocycles. The van der Waals surface area contributed by atoms with Crippen LogP contribution in [0.1, 0.15) is 29.7 Å². The molecule has 0 radical (unpaired) electrons. The number of quaternary nitrogens is 1. The zero-order chi connectivity index (χ0) is 18.4. The molecule has 0 fully saturated rings. The van der Waals surface area contributed by atoms with E-state index in [0.717, 1.165) is 11.1 Å². The van der Waals surface area contributed by atoms with Crippen LogP contribution in [0.2, 0.25) is 0 Å². The molecule has 0 aliphatic carbocycles. The Hall–Kier alpha value is -2.94. The van der Waals surface area contributed by atoms with Crippen LogP contribution < -0.4 is 10.6 Å². The molecule has 0 unspecified atom stereocenters. The molecular formula is C21H20N3OS+. The molecule has 2 aromatic carbocycles. The van der Waals surface area contributed by atoms with Gasteiger partial charge in [-0.2, -0.15) is 5.26 Å². The van der Waals surface area contributed by atoms with E-state index >= 15 is 0 Å². The summed E-state index contributed by atoms with van der Waals surface area (Å²) in [6.07, 6.45) is 0. The molecule has 0 bridgehead atoms. The van der Waals surface area contributed by atoms with Crippen LogP contribution in [0.3, 0.4) is 0 Å². The molecule has 0 saturated heterocycles. The van der Waals surface area contributed by atoms with E-state index in [1.54, 1.807) is 11.4 Å². The molecule has 3 rings (SSSR count). The Labute approximate surface area is 157 Å². The minimum absolute atomic E-state index is 0.0249. The van der Waals surface area contributed by atoms with Gasteiger partial charge >= 0.3 is 0 Å². The zero-order valence-corrected chi connectivity index (χ0v) is 15.2. The Morgan fingerprint density at radius 1 is 1.04 bits per heavy atom. The van der Waals surface area contributed by atoms with Crippen molar-refractivity contribution in [1.29, 1.82) is 5.26 Å². The lowest BCUT2D eigenvalue weighted by molar-refractivity contribution is -0.704. The summed E-state index contributed by atoms with van der Waals surface area (Å²) < 4.78 is 0. The molecule has 3 N–H and O–H groups in total. The van der Waals surface area contributed by atoms with Gasteiger partial charge in [0.2, 0.25) is 0 Å². The minimum Gasteiger partial charge on any atom is -0.326 e. The predicted octanol–water partition coefficient (Wildman–Crippen LogP) is 3.30. The van der Waals surface area contributed by atoms with E-state index < -0.39 is 0 Å². The number of hydrogen-bond acceptors (Lipinski definition) is 3. The van der Waals surface area contributed by atoms with Gasteiger partial charge in [0.05, 0.1) is 5.56 Å². The van der Waals surface area contributed by atoms with E-state index in [0.29, 0.717) is 10.6 Å². The molecule has 5 heteroatoms. The summed E-state index contributed by atoms with van der Waals surface area (Å²) in [5.74, 6) is -0.110. The molecule has 3 aromatic rings. The van der Waals surface area contributed by atoms with Crippen LogP contribution >= 0.6 is 11.3 Å². The summed E-state index contributed by atoms with van der Waals surface area (Å²) in [6.45, 7) is 1.88. The lowest BCUT2D eigenvalue weighted by Crippen LogP contribution is -2.92. The lowest BCUT2D eigenvalue weighted by Gasteiger charge is -2.20. The Balaban J connectivity index is 1.78. The second-order valence-electron chi connectivity index (χ2n) is 6.04. The fraction of sp³-hybridized carbons (Fsp3) is 0.143. The van der Waals surface area contributed by atoms with Crippen molar-refractivity contribution < 1.29 is 10.1 Å². The van der Waals surface area contributed by atoms with Crippen LogP contribution in [0, 0.1) is 11.3 Å². The van der Waals surface area contributed by atoms with Crippen LogP contribution in [0.5, 0.6) is 0 Å². The largest absolute Gasteiger partial charge is 0.326 e. The quantitative estimate of drug-likeness (QED) is 0.706. The monoisotopic (exact) mass is 362 g/mol. The number of nitrogens with one attached hydrogen (secondary N) is 1. The number of hydrogen-bond donors (Lipinski definition) is 2. The van der Waals surface area contributed by atoms with Gasteiger partial charge in [0.25, 0.3) is 5.91 Å². The molecule has 130 valence electrons. The fourth-order valence-electron chi connectivity index (χ4n) is 2.83. The maximum absolute atomic E-state index is 12.6. The molecule has 0 spiro atoms. The maximum atomic E-state index is 12.6. The van der Waals surface area contributed by atoms with E-state index in [-0.39, 0.29) is 18.0 Å². The highest BCUT2D eigenvalue weighted by Gasteiger charge is 2.25. The minimum atomic E-state index is -0.311. The topological polar surface area (TPSA) is 69.5 Å². The molecule has 1 atom stereocenters. The van der Waals surface area contributed by atoms with Crippen molar-refractivity contribution in [2.75, 3.05) is 5.32 Å². The lowest BCUT2D eigenvalue weighted by atomic mass is 9.98. The van der Waals surface area contributed by atoms with Crippen LogP contribution in [0.15, 0.2) is 72.1 Å². The van der Waals surface area contributed by atoms with Crippen LogP contribution in [0.25, 0.3) is 0 Å². The number of amides is 1. The first-order chi connectivity index (χ1) is 12.7. The number of nitrogens with zero attached hydrogens (tertiary/aromatic N) is 1. The standard InChI is InChI=1S/C21H19N3OS/c1-15(20(25)24-21-18(14-22)12-13-26-21)23-19(16-8-4-2-5-9-16)17-10-6-3-7-11-17/h2-13,15,19,23H,1H3,(H,24,25)/p+1/t15-/m1/s1. The average Bonchev–Trinajstić information content (AvgIpc) is 3.14. The Kier molecular flexibility index (Phi) is 5.80. The first kappa shape index (κ1) is 17.9. The number of nitrogens with two attached hydrogens (primary N) is 1. The van der Waals surface area contributed by atoms with Gasteiger partial charge < -0.3 is 10.6 Å². The second kappa shape index (κ2) is 8.43. The van der Waals surface area contributed by atoms with Gasteiger partial charge in [-0.15, -0.1) is 11.3 Å². The molecule has 26 heavy (non-hydrogen) atoms. The first-order valence-electron chi connectivity index (χ1n) is 8.42. The van der Waals surface area contributed by atoms with E-state index in [1.807, 2.05) is 43.3 Å². The second-order valence-corrected chi connectivity index (χ2v) is 6.96. The maximum Gasteiger partial charge on any atom is 0.282 e. The number of carbonyl (C=O) groups excluding carboxylic acids is 1. The third-order valence-electron chi connectivity index (χ3n) is 4.23. The van der Waals surface area contributed by atoms with Gasteiger partial charge in [0.1, 0.15) is 17.1 Å². The van der Waals surface area contributed by atoms with E-state index in [9.17, 15) is 4.79 Å². The number of rotatable bonds is 6. The summed E-state index contributed by atoms with van der Waals surface area (Å²) >= 11 is 1.36. The number of nitriles is 1. The van der Waals surface area contributed by atoms with Crippen molar-refractivity contribution in [2.45, 2.75) is 19.0 Å². The highest BCUT2D eigenvalue weighted by molar-refractivity contribution is 7.14. The summed E-state index contributed by atoms with van der Waals surface area (Å²) in [7, 11) is 0. The highest BCUT2D eigenvalue weighted by atomic mass is 32.1.